The first-order chi connectivity index (χ1) is 7.18. The topological polar surface area (TPSA) is 0 Å². The molecule has 0 bridgehead atoms. The third-order valence-corrected chi connectivity index (χ3v) is 1.38. The van der Waals surface area contributed by atoms with Gasteiger partial charge in [-0.2, -0.15) is 0 Å². The van der Waals surface area contributed by atoms with Gasteiger partial charge in [0.2, 0.25) is 0 Å². The number of hydrogen-bond donors (Lipinski definition) is 0. The van der Waals surface area contributed by atoms with E-state index in [0.717, 1.165) is 0 Å². The van der Waals surface area contributed by atoms with Crippen LogP contribution in [0.1, 0.15) is 87.5 Å². The summed E-state index contributed by atoms with van der Waals surface area (Å²) in [5.74, 6) is 0. The highest BCUT2D eigenvalue weighted by Gasteiger charge is 1.76. The highest BCUT2D eigenvalue weighted by molar-refractivity contribution is 4.86. The van der Waals surface area contributed by atoms with E-state index >= 15 is 0 Å². The largest absolute Gasteiger partial charge is 0.100 e. The number of hydrogen-bond acceptors (Lipinski definition) is 0. The van der Waals surface area contributed by atoms with Gasteiger partial charge in [0.05, 0.1) is 0 Å². The summed E-state index contributed by atoms with van der Waals surface area (Å²) in [5.41, 5.74) is 1.29. The van der Waals surface area contributed by atoms with E-state index < -0.39 is 0 Å². The Labute approximate surface area is 100 Å². The fraction of sp³-hybridized carbons (Fsp3) is 0.867. The van der Waals surface area contributed by atoms with Crippen LogP contribution < -0.4 is 0 Å². The van der Waals surface area contributed by atoms with Gasteiger partial charge in [-0.15, -0.1) is 6.58 Å². The molecule has 0 saturated heterocycles. The predicted octanol–water partition coefficient (Wildman–Crippen LogP) is 6.61. The van der Waals surface area contributed by atoms with Crippen LogP contribution in [0.25, 0.3) is 0 Å². The van der Waals surface area contributed by atoms with E-state index in [1.807, 2.05) is 27.7 Å². The summed E-state index contributed by atoms with van der Waals surface area (Å²) < 4.78 is 0. The molecule has 0 spiro atoms. The van der Waals surface area contributed by atoms with Gasteiger partial charge in [-0.1, -0.05) is 79.7 Å². The van der Waals surface area contributed by atoms with E-state index in [2.05, 4.69) is 34.3 Å². The van der Waals surface area contributed by atoms with E-state index in [1.54, 1.807) is 0 Å². The number of rotatable bonds is 4. The average Bonchev–Trinajstić information content (AvgIpc) is 2.25. The van der Waals surface area contributed by atoms with Gasteiger partial charge in [-0.25, -0.2) is 0 Å². The zero-order chi connectivity index (χ0) is 13.1. The molecule has 0 aliphatic heterocycles. The van der Waals surface area contributed by atoms with Crippen LogP contribution in [-0.4, -0.2) is 0 Å². The lowest BCUT2D eigenvalue weighted by molar-refractivity contribution is 0.772. The second-order valence-electron chi connectivity index (χ2n) is 3.06. The van der Waals surface area contributed by atoms with Crippen LogP contribution in [0.5, 0.6) is 0 Å². The third-order valence-electron chi connectivity index (χ3n) is 1.38. The van der Waals surface area contributed by atoms with Gasteiger partial charge in [0, 0.05) is 0 Å². The quantitative estimate of drug-likeness (QED) is 0.464. The van der Waals surface area contributed by atoms with Crippen LogP contribution in [-0.2, 0) is 0 Å². The molecular formula is C15H36. The number of allylic oxidation sites excluding steroid dienone is 1. The lowest BCUT2D eigenvalue weighted by Gasteiger charge is -1.87. The highest BCUT2D eigenvalue weighted by Crippen LogP contribution is 1.96. The van der Waals surface area contributed by atoms with Gasteiger partial charge >= 0.3 is 0 Å². The van der Waals surface area contributed by atoms with Gasteiger partial charge in [-0.3, -0.25) is 0 Å². The van der Waals surface area contributed by atoms with Gasteiger partial charge in [0.15, 0.2) is 0 Å². The minimum Gasteiger partial charge on any atom is -0.100 e. The Morgan fingerprint density at radius 3 is 1.13 bits per heavy atom. The Bertz CT molecular complexity index is 70.1. The minimum absolute atomic E-state index is 1.18. The normalized spacial score (nSPS) is 6.93. The van der Waals surface area contributed by atoms with Crippen LogP contribution in [0, 0.1) is 0 Å². The Morgan fingerprint density at radius 1 is 0.800 bits per heavy atom. The molecule has 0 unspecified atom stereocenters. The average molecular weight is 216 g/mol. The van der Waals surface area contributed by atoms with Crippen molar-refractivity contribution in [2.75, 3.05) is 0 Å². The maximum Gasteiger partial charge on any atom is -0.0328 e. The van der Waals surface area contributed by atoms with Crippen LogP contribution >= 0.6 is 0 Å². The molecule has 0 aromatic rings. The lowest BCUT2D eigenvalue weighted by Crippen LogP contribution is -1.66. The smallest absolute Gasteiger partial charge is 0.0328 e. The molecule has 0 heteroatoms. The van der Waals surface area contributed by atoms with Crippen molar-refractivity contribution in [3.8, 4) is 0 Å². The van der Waals surface area contributed by atoms with E-state index in [-0.39, 0.29) is 0 Å². The molecule has 0 amide bonds. The molecule has 0 atom stereocenters. The Balaban J connectivity index is -0.0000000610. The fourth-order valence-electron chi connectivity index (χ4n) is 0.780. The van der Waals surface area contributed by atoms with Gasteiger partial charge in [-0.05, 0) is 13.3 Å². The summed E-state index contributed by atoms with van der Waals surface area (Å²) in [5, 5.41) is 0. The Hall–Kier alpha value is -0.260. The highest BCUT2D eigenvalue weighted by atomic mass is 13.8. The monoisotopic (exact) mass is 216 g/mol. The summed E-state index contributed by atoms with van der Waals surface area (Å²) >= 11 is 0. The molecule has 0 radical (unpaired) electrons. The molecule has 0 aliphatic carbocycles. The van der Waals surface area contributed by atoms with Crippen molar-refractivity contribution < 1.29 is 0 Å². The van der Waals surface area contributed by atoms with Gasteiger partial charge < -0.3 is 0 Å². The van der Waals surface area contributed by atoms with Crippen molar-refractivity contribution in [2.45, 2.75) is 87.5 Å². The molecule has 0 aromatic heterocycles. The first kappa shape index (κ1) is 24.1. The zero-order valence-corrected chi connectivity index (χ0v) is 12.7. The molecular weight excluding hydrogens is 180 g/mol. The maximum atomic E-state index is 3.74. The molecule has 0 fully saturated rings. The zero-order valence-electron chi connectivity index (χ0n) is 12.7. The molecule has 0 rings (SSSR count). The molecule has 0 nitrogen and oxygen atoms in total. The van der Waals surface area contributed by atoms with E-state index in [4.69, 9.17) is 0 Å². The second kappa shape index (κ2) is 37.2. The molecule has 0 aromatic carbocycles. The molecule has 0 N–H and O–H groups in total. The van der Waals surface area contributed by atoms with E-state index in [1.165, 1.54) is 37.7 Å². The van der Waals surface area contributed by atoms with Gasteiger partial charge in [0.25, 0.3) is 0 Å². The van der Waals surface area contributed by atoms with Crippen molar-refractivity contribution in [1.82, 2.24) is 0 Å². The minimum atomic E-state index is 1.18. The number of unbranched alkanes of at least 4 members (excludes halogenated alkanes) is 2. The standard InChI is InChI=1S/C6H12.C5H12.2C2H6/c1-4-5-6(2)3;1-3-5-4-2;2*1-2/h2,4-5H2,1,3H3;3-5H2,1-2H3;2*1-2H3. The summed E-state index contributed by atoms with van der Waals surface area (Å²) in [6.45, 7) is 20.4. The first-order valence-electron chi connectivity index (χ1n) is 6.83. The SMILES string of the molecule is C=C(C)CCC.CC.CC.CCCCC. The van der Waals surface area contributed by atoms with Crippen molar-refractivity contribution >= 4 is 0 Å². The van der Waals surface area contributed by atoms with Gasteiger partial charge in [0.1, 0.15) is 0 Å². The fourth-order valence-corrected chi connectivity index (χ4v) is 0.780. The molecule has 96 valence electrons. The molecule has 0 heterocycles. The van der Waals surface area contributed by atoms with E-state index in [0.29, 0.717) is 0 Å². The molecule has 15 heavy (non-hydrogen) atoms. The first-order valence-corrected chi connectivity index (χ1v) is 6.83. The van der Waals surface area contributed by atoms with Crippen molar-refractivity contribution in [3.63, 3.8) is 0 Å². The summed E-state index contributed by atoms with van der Waals surface area (Å²) in [6, 6.07) is 0. The lowest BCUT2D eigenvalue weighted by atomic mass is 10.2. The predicted molar refractivity (Wildman–Crippen MR) is 77.6 cm³/mol. The molecule has 0 saturated carbocycles. The van der Waals surface area contributed by atoms with Crippen LogP contribution in [0.15, 0.2) is 12.2 Å². The summed E-state index contributed by atoms with van der Waals surface area (Å²) in [7, 11) is 0. The van der Waals surface area contributed by atoms with Crippen LogP contribution in [0.3, 0.4) is 0 Å². The maximum absolute atomic E-state index is 3.74. The van der Waals surface area contributed by atoms with Crippen molar-refractivity contribution in [1.29, 1.82) is 0 Å². The summed E-state index contributed by atoms with van der Waals surface area (Å²) in [6.07, 6.45) is 6.49. The van der Waals surface area contributed by atoms with Crippen molar-refractivity contribution in [3.05, 3.63) is 12.2 Å². The Kier molecular flexibility index (Phi) is 59.9. The van der Waals surface area contributed by atoms with Crippen molar-refractivity contribution in [2.24, 2.45) is 0 Å². The van der Waals surface area contributed by atoms with E-state index in [9.17, 15) is 0 Å². The van der Waals surface area contributed by atoms with Crippen LogP contribution in [0.4, 0.5) is 0 Å². The third kappa shape index (κ3) is 84.3. The second-order valence-corrected chi connectivity index (χ2v) is 3.06. The van der Waals surface area contributed by atoms with Crippen LogP contribution in [0.2, 0.25) is 0 Å². The molecule has 0 aliphatic rings. The Morgan fingerprint density at radius 2 is 1.13 bits per heavy atom. The summed E-state index contributed by atoms with van der Waals surface area (Å²) in [4.78, 5) is 0.